The molecule has 1 aromatic rings. The molecule has 0 saturated carbocycles. The molecule has 1 fully saturated rings. The summed E-state index contributed by atoms with van der Waals surface area (Å²) < 4.78 is 0. The van der Waals surface area contributed by atoms with Gasteiger partial charge < -0.3 is 20.3 Å². The smallest absolute Gasteiger partial charge is 0.264 e. The third-order valence-electron chi connectivity index (χ3n) is 4.82. The van der Waals surface area contributed by atoms with Gasteiger partial charge in [0, 0.05) is 39.6 Å². The molecule has 1 atom stereocenters. The second kappa shape index (κ2) is 7.65. The number of hydrogen-bond donors (Lipinski definition) is 2. The fourth-order valence-electron chi connectivity index (χ4n) is 3.42. The van der Waals surface area contributed by atoms with Crippen molar-refractivity contribution in [1.82, 2.24) is 15.5 Å². The van der Waals surface area contributed by atoms with Gasteiger partial charge in [0.25, 0.3) is 11.8 Å². The Bertz CT molecular complexity index is 743. The molecule has 3 amide bonds. The fraction of sp³-hybridized carbons (Fsp3) is 0.444. The number of rotatable bonds is 6. The number of aldehydes is 1. The first kappa shape index (κ1) is 18.1. The van der Waals surface area contributed by atoms with E-state index in [1.54, 1.807) is 12.1 Å². The Kier molecular flexibility index (Phi) is 5.32. The van der Waals surface area contributed by atoms with E-state index in [0.717, 1.165) is 36.8 Å². The Morgan fingerprint density at radius 2 is 2.00 bits per heavy atom. The second-order valence-electron chi connectivity index (χ2n) is 6.33. The quantitative estimate of drug-likeness (QED) is 0.539. The van der Waals surface area contributed by atoms with Crippen LogP contribution in [-0.2, 0) is 9.59 Å². The first-order chi connectivity index (χ1) is 12.6. The predicted molar refractivity (Wildman–Crippen MR) is 95.2 cm³/mol. The van der Waals surface area contributed by atoms with Crippen LogP contribution in [0.4, 0.5) is 5.69 Å². The fourth-order valence-corrected chi connectivity index (χ4v) is 3.42. The van der Waals surface area contributed by atoms with Gasteiger partial charge in [0.05, 0.1) is 22.9 Å². The molecular formula is C18H22N4O4. The van der Waals surface area contributed by atoms with Crippen LogP contribution in [0.1, 0.15) is 33.6 Å². The van der Waals surface area contributed by atoms with Crippen molar-refractivity contribution in [3.8, 4) is 0 Å². The van der Waals surface area contributed by atoms with Crippen LogP contribution in [0.5, 0.6) is 0 Å². The van der Waals surface area contributed by atoms with E-state index < -0.39 is 17.9 Å². The van der Waals surface area contributed by atoms with Crippen molar-refractivity contribution < 1.29 is 19.2 Å². The summed E-state index contributed by atoms with van der Waals surface area (Å²) in [4.78, 5) is 51.8. The number of piperazine rings is 1. The first-order valence-corrected chi connectivity index (χ1v) is 8.71. The number of carbonyl (C=O) groups excluding carboxylic acids is 4. The van der Waals surface area contributed by atoms with E-state index in [9.17, 15) is 19.2 Å². The van der Waals surface area contributed by atoms with Gasteiger partial charge in [-0.15, -0.1) is 0 Å². The standard InChI is InChI=1S/C18H22N4O4/c1-19-15(24)6-5-12(11-23)22-17(25)13-3-2-4-14(16(13)18(22)26)21-9-7-20-8-10-21/h2-4,11-12,20H,5-10H2,1H3,(H,19,24). The molecule has 0 aromatic heterocycles. The van der Waals surface area contributed by atoms with Crippen molar-refractivity contribution in [3.63, 3.8) is 0 Å². The van der Waals surface area contributed by atoms with Gasteiger partial charge in [0.15, 0.2) is 0 Å². The van der Waals surface area contributed by atoms with Crippen molar-refractivity contribution in [3.05, 3.63) is 29.3 Å². The highest BCUT2D eigenvalue weighted by Gasteiger charge is 2.42. The summed E-state index contributed by atoms with van der Waals surface area (Å²) in [6.45, 7) is 3.09. The molecule has 26 heavy (non-hydrogen) atoms. The lowest BCUT2D eigenvalue weighted by atomic mass is 10.1. The lowest BCUT2D eigenvalue weighted by molar-refractivity contribution is -0.121. The van der Waals surface area contributed by atoms with E-state index in [0.29, 0.717) is 17.4 Å². The van der Waals surface area contributed by atoms with Gasteiger partial charge >= 0.3 is 0 Å². The van der Waals surface area contributed by atoms with Crippen molar-refractivity contribution in [2.24, 2.45) is 0 Å². The van der Waals surface area contributed by atoms with E-state index in [-0.39, 0.29) is 18.7 Å². The SMILES string of the molecule is CNC(=O)CCC(C=O)N1C(=O)c2cccc(N3CCNCC3)c2C1=O. The zero-order valence-corrected chi connectivity index (χ0v) is 14.7. The van der Waals surface area contributed by atoms with E-state index in [1.165, 1.54) is 7.05 Å². The molecule has 1 unspecified atom stereocenters. The summed E-state index contributed by atoms with van der Waals surface area (Å²) >= 11 is 0. The molecule has 0 aliphatic carbocycles. The van der Waals surface area contributed by atoms with Gasteiger partial charge in [-0.25, -0.2) is 0 Å². The molecule has 2 aliphatic heterocycles. The maximum atomic E-state index is 13.0. The molecule has 8 nitrogen and oxygen atoms in total. The van der Waals surface area contributed by atoms with Crippen LogP contribution in [-0.4, -0.2) is 68.2 Å². The summed E-state index contributed by atoms with van der Waals surface area (Å²) in [5.74, 6) is -1.18. The normalized spacial score (nSPS) is 17.9. The van der Waals surface area contributed by atoms with Gasteiger partial charge in [-0.2, -0.15) is 0 Å². The highest BCUT2D eigenvalue weighted by molar-refractivity contribution is 6.24. The minimum atomic E-state index is -0.949. The van der Waals surface area contributed by atoms with Gasteiger partial charge in [-0.1, -0.05) is 6.07 Å². The largest absolute Gasteiger partial charge is 0.368 e. The van der Waals surface area contributed by atoms with E-state index >= 15 is 0 Å². The molecule has 0 spiro atoms. The monoisotopic (exact) mass is 358 g/mol. The maximum absolute atomic E-state index is 13.0. The number of anilines is 1. The van der Waals surface area contributed by atoms with Gasteiger partial charge in [0.2, 0.25) is 5.91 Å². The molecule has 0 radical (unpaired) electrons. The number of nitrogens with zero attached hydrogens (tertiary/aromatic N) is 2. The summed E-state index contributed by atoms with van der Waals surface area (Å²) in [7, 11) is 1.50. The molecule has 2 aliphatic rings. The Labute approximate surface area is 151 Å². The van der Waals surface area contributed by atoms with Crippen molar-refractivity contribution in [1.29, 1.82) is 0 Å². The highest BCUT2D eigenvalue weighted by atomic mass is 16.2. The number of hydrogen-bond acceptors (Lipinski definition) is 6. The van der Waals surface area contributed by atoms with Crippen LogP contribution in [0.3, 0.4) is 0 Å². The number of imide groups is 1. The third-order valence-corrected chi connectivity index (χ3v) is 4.82. The summed E-state index contributed by atoms with van der Waals surface area (Å²) in [5.41, 5.74) is 1.39. The lowest BCUT2D eigenvalue weighted by Gasteiger charge is -2.30. The Hall–Kier alpha value is -2.74. The van der Waals surface area contributed by atoms with Crippen LogP contribution in [0.2, 0.25) is 0 Å². The molecular weight excluding hydrogens is 336 g/mol. The van der Waals surface area contributed by atoms with Gasteiger partial charge in [-0.3, -0.25) is 19.3 Å². The summed E-state index contributed by atoms with van der Waals surface area (Å²) in [6.07, 6.45) is 0.741. The summed E-state index contributed by atoms with van der Waals surface area (Å²) in [5, 5.41) is 5.72. The number of carbonyl (C=O) groups is 4. The van der Waals surface area contributed by atoms with Gasteiger partial charge in [-0.05, 0) is 18.6 Å². The van der Waals surface area contributed by atoms with Crippen LogP contribution in [0, 0.1) is 0 Å². The summed E-state index contributed by atoms with van der Waals surface area (Å²) in [6, 6.07) is 4.25. The third kappa shape index (κ3) is 3.20. The Morgan fingerprint density at radius 3 is 2.65 bits per heavy atom. The zero-order chi connectivity index (χ0) is 18.7. The zero-order valence-electron chi connectivity index (χ0n) is 14.7. The maximum Gasteiger partial charge on any atom is 0.264 e. The van der Waals surface area contributed by atoms with Crippen molar-refractivity contribution in [2.45, 2.75) is 18.9 Å². The van der Waals surface area contributed by atoms with Crippen LogP contribution in [0.15, 0.2) is 18.2 Å². The Balaban J connectivity index is 1.89. The van der Waals surface area contributed by atoms with E-state index in [1.807, 2.05) is 6.07 Å². The van der Waals surface area contributed by atoms with Crippen LogP contribution < -0.4 is 15.5 Å². The molecule has 138 valence electrons. The minimum Gasteiger partial charge on any atom is -0.368 e. The molecule has 1 aromatic carbocycles. The first-order valence-electron chi connectivity index (χ1n) is 8.71. The molecule has 3 rings (SSSR count). The second-order valence-corrected chi connectivity index (χ2v) is 6.33. The molecule has 8 heteroatoms. The highest BCUT2D eigenvalue weighted by Crippen LogP contribution is 2.33. The van der Waals surface area contributed by atoms with E-state index in [2.05, 4.69) is 15.5 Å². The molecule has 2 heterocycles. The number of nitrogens with one attached hydrogen (secondary N) is 2. The van der Waals surface area contributed by atoms with Crippen molar-refractivity contribution in [2.75, 3.05) is 38.1 Å². The Morgan fingerprint density at radius 1 is 1.27 bits per heavy atom. The lowest BCUT2D eigenvalue weighted by Crippen LogP contribution is -2.44. The number of benzene rings is 1. The van der Waals surface area contributed by atoms with E-state index in [4.69, 9.17) is 0 Å². The molecule has 0 bridgehead atoms. The predicted octanol–water partition coefficient (Wildman–Crippen LogP) is -0.214. The van der Waals surface area contributed by atoms with Crippen molar-refractivity contribution >= 4 is 29.7 Å². The average molecular weight is 358 g/mol. The van der Waals surface area contributed by atoms with Crippen LogP contribution in [0.25, 0.3) is 0 Å². The molecule has 2 N–H and O–H groups in total. The topological polar surface area (TPSA) is 98.8 Å². The van der Waals surface area contributed by atoms with Gasteiger partial charge in [0.1, 0.15) is 6.29 Å². The number of fused-ring (bicyclic) bond motifs is 1. The number of amides is 3. The average Bonchev–Trinajstić information content (AvgIpc) is 2.94. The minimum absolute atomic E-state index is 0.0674. The molecule has 1 saturated heterocycles. The van der Waals surface area contributed by atoms with Crippen LogP contribution >= 0.6 is 0 Å².